The minimum atomic E-state index is -0.350. The maximum atomic E-state index is 12.2. The third kappa shape index (κ3) is 4.10. The number of benzene rings is 1. The molecule has 0 aliphatic carbocycles. The second-order valence-electron chi connectivity index (χ2n) is 5.16. The summed E-state index contributed by atoms with van der Waals surface area (Å²) in [6.07, 6.45) is 1.67. The van der Waals surface area contributed by atoms with Crippen LogP contribution in [0.3, 0.4) is 0 Å². The zero-order valence-corrected chi connectivity index (χ0v) is 13.3. The smallest absolute Gasteiger partial charge is 0.292 e. The van der Waals surface area contributed by atoms with Crippen molar-refractivity contribution in [1.82, 2.24) is 20.1 Å². The standard InChI is InChI=1S/C15H17N5O2S/c21-13(20-5-7-23-8-6-20)9-11-1-3-12(4-2-11)18-15(22)14-16-10-17-19-14/h1-4,10H,5-9H2,(H,18,22)(H,16,17,19). The number of carbonyl (C=O) groups excluding carboxylic acids is 2. The maximum absolute atomic E-state index is 12.2. The van der Waals surface area contributed by atoms with Gasteiger partial charge in [0.15, 0.2) is 0 Å². The second-order valence-corrected chi connectivity index (χ2v) is 6.38. The average Bonchev–Trinajstić information content (AvgIpc) is 3.12. The molecule has 7 nitrogen and oxygen atoms in total. The lowest BCUT2D eigenvalue weighted by Gasteiger charge is -2.26. The second kappa shape index (κ2) is 7.28. The van der Waals surface area contributed by atoms with Gasteiger partial charge < -0.3 is 10.2 Å². The predicted octanol–water partition coefficient (Wildman–Crippen LogP) is 1.17. The fourth-order valence-corrected chi connectivity index (χ4v) is 3.21. The van der Waals surface area contributed by atoms with Gasteiger partial charge in [-0.2, -0.15) is 16.9 Å². The van der Waals surface area contributed by atoms with E-state index in [-0.39, 0.29) is 17.6 Å². The van der Waals surface area contributed by atoms with Gasteiger partial charge in [-0.25, -0.2) is 4.98 Å². The molecule has 2 amide bonds. The zero-order chi connectivity index (χ0) is 16.1. The molecule has 8 heteroatoms. The number of aromatic nitrogens is 3. The summed E-state index contributed by atoms with van der Waals surface area (Å²) in [6, 6.07) is 7.27. The zero-order valence-electron chi connectivity index (χ0n) is 12.5. The van der Waals surface area contributed by atoms with E-state index in [1.807, 2.05) is 28.8 Å². The molecule has 0 saturated carbocycles. The van der Waals surface area contributed by atoms with E-state index in [0.29, 0.717) is 12.1 Å². The third-order valence-electron chi connectivity index (χ3n) is 3.56. The quantitative estimate of drug-likeness (QED) is 0.878. The Kier molecular flexibility index (Phi) is 4.92. The normalized spacial score (nSPS) is 14.5. The van der Waals surface area contributed by atoms with E-state index in [1.165, 1.54) is 6.33 Å². The number of thioether (sulfide) groups is 1. The Hall–Kier alpha value is -2.35. The number of anilines is 1. The number of nitrogens with zero attached hydrogens (tertiary/aromatic N) is 3. The van der Waals surface area contributed by atoms with Gasteiger partial charge in [0.2, 0.25) is 11.7 Å². The molecule has 0 spiro atoms. The number of hydrogen-bond acceptors (Lipinski definition) is 5. The highest BCUT2D eigenvalue weighted by Gasteiger charge is 2.17. The fraction of sp³-hybridized carbons (Fsp3) is 0.333. The van der Waals surface area contributed by atoms with Gasteiger partial charge >= 0.3 is 0 Å². The Balaban J connectivity index is 1.56. The molecule has 1 aliphatic rings. The van der Waals surface area contributed by atoms with Crippen molar-refractivity contribution in [3.63, 3.8) is 0 Å². The van der Waals surface area contributed by atoms with Crippen LogP contribution < -0.4 is 5.32 Å². The highest BCUT2D eigenvalue weighted by Crippen LogP contribution is 2.14. The summed E-state index contributed by atoms with van der Waals surface area (Å²) >= 11 is 1.88. The fourth-order valence-electron chi connectivity index (χ4n) is 2.31. The number of aromatic amines is 1. The first-order chi connectivity index (χ1) is 11.2. The summed E-state index contributed by atoms with van der Waals surface area (Å²) in [4.78, 5) is 29.8. The van der Waals surface area contributed by atoms with Gasteiger partial charge in [0.1, 0.15) is 6.33 Å². The molecule has 0 bridgehead atoms. The predicted molar refractivity (Wildman–Crippen MR) is 88.4 cm³/mol. The summed E-state index contributed by atoms with van der Waals surface area (Å²) < 4.78 is 0. The van der Waals surface area contributed by atoms with Gasteiger partial charge in [0, 0.05) is 30.3 Å². The number of hydrogen-bond donors (Lipinski definition) is 2. The Bertz CT molecular complexity index is 666. The van der Waals surface area contributed by atoms with Gasteiger partial charge in [-0.15, -0.1) is 0 Å². The van der Waals surface area contributed by atoms with Crippen LogP contribution >= 0.6 is 11.8 Å². The molecule has 1 aliphatic heterocycles. The largest absolute Gasteiger partial charge is 0.341 e. The van der Waals surface area contributed by atoms with E-state index in [1.54, 1.807) is 12.1 Å². The first-order valence-corrected chi connectivity index (χ1v) is 8.49. The molecule has 1 aromatic carbocycles. The lowest BCUT2D eigenvalue weighted by Crippen LogP contribution is -2.38. The number of carbonyl (C=O) groups is 2. The van der Waals surface area contributed by atoms with E-state index in [2.05, 4.69) is 20.5 Å². The van der Waals surface area contributed by atoms with Crippen LogP contribution in [0.5, 0.6) is 0 Å². The van der Waals surface area contributed by atoms with E-state index in [9.17, 15) is 9.59 Å². The van der Waals surface area contributed by atoms with Crippen molar-refractivity contribution in [3.05, 3.63) is 42.0 Å². The lowest BCUT2D eigenvalue weighted by atomic mass is 10.1. The Morgan fingerprint density at radius 3 is 2.61 bits per heavy atom. The molecule has 1 fully saturated rings. The summed E-state index contributed by atoms with van der Waals surface area (Å²) in [7, 11) is 0. The minimum Gasteiger partial charge on any atom is -0.341 e. The van der Waals surface area contributed by atoms with Gasteiger partial charge in [-0.1, -0.05) is 12.1 Å². The Labute approximate surface area is 137 Å². The molecule has 2 aromatic rings. The van der Waals surface area contributed by atoms with Crippen LogP contribution in [0.2, 0.25) is 0 Å². The van der Waals surface area contributed by atoms with Crippen LogP contribution in [-0.2, 0) is 11.2 Å². The van der Waals surface area contributed by atoms with Crippen molar-refractivity contribution in [1.29, 1.82) is 0 Å². The molecule has 0 atom stereocenters. The van der Waals surface area contributed by atoms with Gasteiger partial charge in [0.05, 0.1) is 6.42 Å². The molecule has 120 valence electrons. The number of H-pyrrole nitrogens is 1. The summed E-state index contributed by atoms with van der Waals surface area (Å²) in [5.74, 6) is 1.99. The van der Waals surface area contributed by atoms with Crippen molar-refractivity contribution >= 4 is 29.3 Å². The molecular formula is C15H17N5O2S. The van der Waals surface area contributed by atoms with Crippen LogP contribution in [0.1, 0.15) is 16.2 Å². The van der Waals surface area contributed by atoms with Crippen LogP contribution in [0.4, 0.5) is 5.69 Å². The van der Waals surface area contributed by atoms with Crippen molar-refractivity contribution in [2.75, 3.05) is 29.9 Å². The molecule has 23 heavy (non-hydrogen) atoms. The average molecular weight is 331 g/mol. The molecular weight excluding hydrogens is 314 g/mol. The maximum Gasteiger partial charge on any atom is 0.292 e. The first kappa shape index (κ1) is 15.5. The minimum absolute atomic E-state index is 0.156. The third-order valence-corrected chi connectivity index (χ3v) is 4.50. The molecule has 1 saturated heterocycles. The summed E-state index contributed by atoms with van der Waals surface area (Å²) in [6.45, 7) is 1.66. The number of nitrogens with one attached hydrogen (secondary N) is 2. The highest BCUT2D eigenvalue weighted by molar-refractivity contribution is 7.99. The van der Waals surface area contributed by atoms with Crippen molar-refractivity contribution < 1.29 is 9.59 Å². The molecule has 2 heterocycles. The molecule has 0 radical (unpaired) electrons. The lowest BCUT2D eigenvalue weighted by molar-refractivity contribution is -0.130. The molecule has 2 N–H and O–H groups in total. The highest BCUT2D eigenvalue weighted by atomic mass is 32.2. The summed E-state index contributed by atoms with van der Waals surface area (Å²) in [5, 5.41) is 8.86. The van der Waals surface area contributed by atoms with Crippen molar-refractivity contribution in [3.8, 4) is 0 Å². The summed E-state index contributed by atoms with van der Waals surface area (Å²) in [5.41, 5.74) is 1.59. The van der Waals surface area contributed by atoms with Gasteiger partial charge in [-0.05, 0) is 17.7 Å². The Morgan fingerprint density at radius 2 is 1.96 bits per heavy atom. The van der Waals surface area contributed by atoms with Crippen LogP contribution in [0, 0.1) is 0 Å². The number of amides is 2. The number of rotatable bonds is 4. The van der Waals surface area contributed by atoms with E-state index in [0.717, 1.165) is 30.2 Å². The van der Waals surface area contributed by atoms with E-state index >= 15 is 0 Å². The van der Waals surface area contributed by atoms with E-state index < -0.39 is 0 Å². The first-order valence-electron chi connectivity index (χ1n) is 7.33. The Morgan fingerprint density at radius 1 is 1.22 bits per heavy atom. The van der Waals surface area contributed by atoms with Crippen LogP contribution in [0.15, 0.2) is 30.6 Å². The van der Waals surface area contributed by atoms with Crippen molar-refractivity contribution in [2.24, 2.45) is 0 Å². The molecule has 0 unspecified atom stereocenters. The SMILES string of the molecule is O=C(Nc1ccc(CC(=O)N2CCSCC2)cc1)c1ncn[nH]1. The molecule has 3 rings (SSSR count). The van der Waals surface area contributed by atoms with Crippen LogP contribution in [-0.4, -0.2) is 56.5 Å². The van der Waals surface area contributed by atoms with Gasteiger partial charge in [-0.3, -0.25) is 14.7 Å². The monoisotopic (exact) mass is 331 g/mol. The topological polar surface area (TPSA) is 91.0 Å². The van der Waals surface area contributed by atoms with E-state index in [4.69, 9.17) is 0 Å². The van der Waals surface area contributed by atoms with Gasteiger partial charge in [0.25, 0.3) is 5.91 Å². The molecule has 1 aromatic heterocycles. The van der Waals surface area contributed by atoms with Crippen molar-refractivity contribution in [2.45, 2.75) is 6.42 Å². The van der Waals surface area contributed by atoms with Crippen LogP contribution in [0.25, 0.3) is 0 Å².